The van der Waals surface area contributed by atoms with Crippen LogP contribution in [0.15, 0.2) is 29.2 Å². The van der Waals surface area contributed by atoms with Gasteiger partial charge in [0.05, 0.1) is 4.90 Å². The van der Waals surface area contributed by atoms with Crippen molar-refractivity contribution in [1.82, 2.24) is 0 Å². The largest absolute Gasteiger partial charge is 0.376 e. The van der Waals surface area contributed by atoms with Crippen LogP contribution in [0, 0.1) is 6.92 Å². The fourth-order valence-electron chi connectivity index (χ4n) is 6.64. The van der Waals surface area contributed by atoms with Gasteiger partial charge in [-0.25, -0.2) is 0 Å². The average molecular weight is 509 g/mol. The van der Waals surface area contributed by atoms with Gasteiger partial charge in [-0.2, -0.15) is 8.42 Å². The van der Waals surface area contributed by atoms with Crippen LogP contribution in [0.3, 0.4) is 0 Å². The van der Waals surface area contributed by atoms with E-state index in [0.29, 0.717) is 0 Å². The van der Waals surface area contributed by atoms with Crippen molar-refractivity contribution >= 4 is 10.1 Å². The van der Waals surface area contributed by atoms with Crippen molar-refractivity contribution in [2.75, 3.05) is 7.11 Å². The number of rotatable bonds is 4. The third kappa shape index (κ3) is 4.27. The molecule has 1 aromatic rings. The zero-order valence-electron chi connectivity index (χ0n) is 20.5. The fourth-order valence-corrected chi connectivity index (χ4v) is 7.73. The molecule has 8 nitrogen and oxygen atoms in total. The first kappa shape index (κ1) is 24.3. The molecule has 6 atom stereocenters. The summed E-state index contributed by atoms with van der Waals surface area (Å²) in [6, 6.07) is 6.65. The zero-order valence-corrected chi connectivity index (χ0v) is 21.3. The second kappa shape index (κ2) is 9.04. The second-order valence-corrected chi connectivity index (χ2v) is 12.4. The van der Waals surface area contributed by atoms with Gasteiger partial charge < -0.3 is 23.7 Å². The highest BCUT2D eigenvalue weighted by Crippen LogP contribution is 2.52. The van der Waals surface area contributed by atoms with Crippen LogP contribution in [0.1, 0.15) is 69.8 Å². The number of hydrogen-bond donors (Lipinski definition) is 0. The van der Waals surface area contributed by atoms with Crippen LogP contribution in [0.5, 0.6) is 0 Å². The van der Waals surface area contributed by atoms with Crippen molar-refractivity contribution in [3.05, 3.63) is 29.8 Å². The summed E-state index contributed by atoms with van der Waals surface area (Å²) < 4.78 is 65.1. The van der Waals surface area contributed by atoms with Gasteiger partial charge in [-0.3, -0.25) is 4.18 Å². The highest BCUT2D eigenvalue weighted by molar-refractivity contribution is 7.86. The molecule has 194 valence electrons. The van der Waals surface area contributed by atoms with Crippen molar-refractivity contribution in [2.24, 2.45) is 0 Å². The second-order valence-electron chi connectivity index (χ2n) is 10.8. The maximum Gasteiger partial charge on any atom is 0.297 e. The van der Waals surface area contributed by atoms with Gasteiger partial charge in [0.2, 0.25) is 0 Å². The monoisotopic (exact) mass is 508 g/mol. The van der Waals surface area contributed by atoms with Crippen LogP contribution in [0.4, 0.5) is 0 Å². The summed E-state index contributed by atoms with van der Waals surface area (Å²) in [6.07, 6.45) is 5.96. The Morgan fingerprint density at radius 1 is 0.714 bits per heavy atom. The topological polar surface area (TPSA) is 89.5 Å². The molecule has 5 fully saturated rings. The first-order valence-corrected chi connectivity index (χ1v) is 14.5. The van der Waals surface area contributed by atoms with E-state index in [-0.39, 0.29) is 4.90 Å². The van der Waals surface area contributed by atoms with Crippen molar-refractivity contribution in [3.8, 4) is 0 Å². The molecule has 2 heterocycles. The lowest BCUT2D eigenvalue weighted by Gasteiger charge is -2.41. The minimum Gasteiger partial charge on any atom is -0.376 e. The number of methoxy groups -OCH3 is 1. The van der Waals surface area contributed by atoms with Crippen LogP contribution in [-0.4, -0.2) is 63.7 Å². The third-order valence-corrected chi connectivity index (χ3v) is 9.72. The van der Waals surface area contributed by atoms with Gasteiger partial charge in [0.1, 0.15) is 36.6 Å². The van der Waals surface area contributed by atoms with Gasteiger partial charge >= 0.3 is 0 Å². The summed E-state index contributed by atoms with van der Waals surface area (Å²) >= 11 is 0. The Labute approximate surface area is 207 Å². The quantitative estimate of drug-likeness (QED) is 0.564. The molecule has 2 aliphatic heterocycles. The van der Waals surface area contributed by atoms with Gasteiger partial charge in [-0.15, -0.1) is 0 Å². The number of fused-ring (bicyclic) bond motifs is 3. The Balaban J connectivity index is 1.35. The summed E-state index contributed by atoms with van der Waals surface area (Å²) in [7, 11) is -2.51. The molecular formula is C26H36O8S. The molecule has 0 unspecified atom stereocenters. The van der Waals surface area contributed by atoms with E-state index >= 15 is 0 Å². The van der Waals surface area contributed by atoms with E-state index in [1.165, 1.54) is 0 Å². The third-order valence-electron chi connectivity index (χ3n) is 8.40. The maximum absolute atomic E-state index is 13.4. The molecule has 9 heteroatoms. The lowest BCUT2D eigenvalue weighted by molar-refractivity contribution is -0.224. The molecule has 1 aromatic carbocycles. The number of ether oxygens (including phenoxy) is 5. The molecule has 0 N–H and O–H groups in total. The summed E-state index contributed by atoms with van der Waals surface area (Å²) in [5.74, 6) is -1.41. The predicted octanol–water partition coefficient (Wildman–Crippen LogP) is 3.99. The molecule has 3 aliphatic carbocycles. The zero-order chi connectivity index (χ0) is 24.3. The first-order chi connectivity index (χ1) is 16.8. The Morgan fingerprint density at radius 3 is 1.66 bits per heavy atom. The van der Waals surface area contributed by atoms with E-state index in [0.717, 1.165) is 69.8 Å². The molecule has 3 saturated carbocycles. The number of hydrogen-bond acceptors (Lipinski definition) is 8. The van der Waals surface area contributed by atoms with Gasteiger partial charge in [-0.1, -0.05) is 30.5 Å². The van der Waals surface area contributed by atoms with E-state index in [1.54, 1.807) is 31.4 Å². The van der Waals surface area contributed by atoms with E-state index in [2.05, 4.69) is 0 Å². The SMILES string of the molecule is CO[C@H]1[C@@H]2OC3(CCCCC3)O[C@H]2[C@@H]2OC3(CCCCC3)O[C@@H]2[C@H]1OS(=O)(=O)c1ccc(C)cc1. The van der Waals surface area contributed by atoms with Crippen molar-refractivity contribution in [1.29, 1.82) is 0 Å². The molecule has 6 rings (SSSR count). The standard InChI is InChI=1S/C26H36O8S/c1-17-9-11-18(12-10-17)35(27,28)34-24-19(29-2)20-21(31-25(30-20)13-5-3-6-14-25)22-23(24)33-26(32-22)15-7-4-8-16-26/h9-12,19-24H,3-8,13-16H2,1-2H3/t19-,20-,21+,22-,23-,24-/m0/s1. The van der Waals surface area contributed by atoms with E-state index < -0.39 is 58.3 Å². The van der Waals surface area contributed by atoms with Gasteiger partial charge in [0.25, 0.3) is 10.1 Å². The Morgan fingerprint density at radius 2 is 1.17 bits per heavy atom. The number of benzene rings is 1. The van der Waals surface area contributed by atoms with E-state index in [4.69, 9.17) is 27.9 Å². The van der Waals surface area contributed by atoms with Crippen LogP contribution in [0.25, 0.3) is 0 Å². The normalized spacial score (nSPS) is 37.9. The Hall–Kier alpha value is -1.07. The van der Waals surface area contributed by atoms with E-state index in [9.17, 15) is 8.42 Å². The van der Waals surface area contributed by atoms with Gasteiger partial charge in [-0.05, 0) is 44.7 Å². The lowest BCUT2D eigenvalue weighted by atomic mass is 9.85. The number of aryl methyl sites for hydroxylation is 1. The molecule has 35 heavy (non-hydrogen) atoms. The Kier molecular flexibility index (Phi) is 6.27. The van der Waals surface area contributed by atoms with Gasteiger partial charge in [0.15, 0.2) is 11.6 Å². The van der Waals surface area contributed by atoms with E-state index in [1.807, 2.05) is 6.92 Å². The summed E-state index contributed by atoms with van der Waals surface area (Å²) in [6.45, 7) is 1.91. The minimum absolute atomic E-state index is 0.107. The van der Waals surface area contributed by atoms with Crippen LogP contribution >= 0.6 is 0 Å². The molecule has 0 bridgehead atoms. The highest BCUT2D eigenvalue weighted by Gasteiger charge is 2.67. The summed E-state index contributed by atoms with van der Waals surface area (Å²) in [5, 5.41) is 0. The molecule has 0 radical (unpaired) electrons. The van der Waals surface area contributed by atoms with Crippen LogP contribution < -0.4 is 0 Å². The van der Waals surface area contributed by atoms with Crippen molar-refractivity contribution < 1.29 is 36.3 Å². The molecule has 0 amide bonds. The minimum atomic E-state index is -4.07. The Bertz CT molecular complexity index is 1010. The van der Waals surface area contributed by atoms with Crippen LogP contribution in [-0.2, 0) is 38.0 Å². The predicted molar refractivity (Wildman–Crippen MR) is 125 cm³/mol. The average Bonchev–Trinajstić information content (AvgIpc) is 3.39. The molecule has 2 spiro atoms. The summed E-state index contributed by atoms with van der Waals surface area (Å²) in [4.78, 5) is 0.107. The molecule has 0 aromatic heterocycles. The summed E-state index contributed by atoms with van der Waals surface area (Å²) in [5.41, 5.74) is 0.973. The van der Waals surface area contributed by atoms with Crippen molar-refractivity contribution in [2.45, 2.75) is 124 Å². The smallest absolute Gasteiger partial charge is 0.297 e. The maximum atomic E-state index is 13.4. The first-order valence-electron chi connectivity index (χ1n) is 13.1. The van der Waals surface area contributed by atoms with Crippen molar-refractivity contribution in [3.63, 3.8) is 0 Å². The molecular weight excluding hydrogens is 472 g/mol. The molecule has 5 aliphatic rings. The molecule has 2 saturated heterocycles. The lowest BCUT2D eigenvalue weighted by Crippen LogP contribution is -2.63. The van der Waals surface area contributed by atoms with Gasteiger partial charge in [0, 0.05) is 32.8 Å². The fraction of sp³-hybridized carbons (Fsp3) is 0.769. The highest BCUT2D eigenvalue weighted by atomic mass is 32.2. The van der Waals surface area contributed by atoms with Crippen LogP contribution in [0.2, 0.25) is 0 Å².